The van der Waals surface area contributed by atoms with E-state index in [0.717, 1.165) is 23.5 Å². The standard InChI is InChI=1S/C15H14Cl2N2O/c16-12-5-4-10(7-13(12)17)19-14-3-1-2-9-6-11(8-18)20-15(9)14/h1-5,7,11,19H,6,8,18H2. The van der Waals surface area contributed by atoms with E-state index in [1.165, 1.54) is 5.56 Å². The molecule has 3 rings (SSSR count). The Morgan fingerprint density at radius 3 is 2.80 bits per heavy atom. The number of para-hydroxylation sites is 1. The molecule has 3 nitrogen and oxygen atoms in total. The quantitative estimate of drug-likeness (QED) is 0.901. The van der Waals surface area contributed by atoms with Gasteiger partial charge >= 0.3 is 0 Å². The molecule has 0 aromatic heterocycles. The molecule has 1 atom stereocenters. The Morgan fingerprint density at radius 1 is 1.20 bits per heavy atom. The van der Waals surface area contributed by atoms with E-state index in [-0.39, 0.29) is 6.10 Å². The summed E-state index contributed by atoms with van der Waals surface area (Å²) in [5.74, 6) is 0.869. The lowest BCUT2D eigenvalue weighted by Crippen LogP contribution is -2.24. The molecule has 0 bridgehead atoms. The van der Waals surface area contributed by atoms with Crippen LogP contribution in [0.4, 0.5) is 11.4 Å². The average molecular weight is 309 g/mol. The van der Waals surface area contributed by atoms with Gasteiger partial charge in [-0.25, -0.2) is 0 Å². The van der Waals surface area contributed by atoms with Gasteiger partial charge in [0.2, 0.25) is 0 Å². The Bertz CT molecular complexity index is 646. The van der Waals surface area contributed by atoms with Crippen molar-refractivity contribution in [2.24, 2.45) is 5.73 Å². The van der Waals surface area contributed by atoms with E-state index in [1.54, 1.807) is 12.1 Å². The molecule has 3 N–H and O–H groups in total. The fourth-order valence-electron chi connectivity index (χ4n) is 2.30. The van der Waals surface area contributed by atoms with Gasteiger partial charge < -0.3 is 15.8 Å². The third kappa shape index (κ3) is 2.57. The topological polar surface area (TPSA) is 47.3 Å². The summed E-state index contributed by atoms with van der Waals surface area (Å²) < 4.78 is 5.87. The molecule has 2 aromatic carbocycles. The van der Waals surface area contributed by atoms with Crippen molar-refractivity contribution in [2.45, 2.75) is 12.5 Å². The summed E-state index contributed by atoms with van der Waals surface area (Å²) in [5.41, 5.74) is 8.63. The number of nitrogens with one attached hydrogen (secondary N) is 1. The average Bonchev–Trinajstić information content (AvgIpc) is 2.87. The summed E-state index contributed by atoms with van der Waals surface area (Å²) in [6, 6.07) is 11.5. The van der Waals surface area contributed by atoms with Crippen molar-refractivity contribution >= 4 is 34.6 Å². The molecular formula is C15H14Cl2N2O. The molecule has 0 saturated heterocycles. The maximum Gasteiger partial charge on any atom is 0.146 e. The van der Waals surface area contributed by atoms with Crippen molar-refractivity contribution in [1.82, 2.24) is 0 Å². The first-order valence-electron chi connectivity index (χ1n) is 6.38. The molecule has 1 unspecified atom stereocenters. The highest BCUT2D eigenvalue weighted by Gasteiger charge is 2.24. The van der Waals surface area contributed by atoms with E-state index in [9.17, 15) is 0 Å². The number of hydrogen-bond donors (Lipinski definition) is 2. The van der Waals surface area contributed by atoms with Gasteiger partial charge in [-0.3, -0.25) is 0 Å². The predicted octanol–water partition coefficient (Wildman–Crippen LogP) is 4.00. The minimum atomic E-state index is 0.0572. The zero-order valence-corrected chi connectivity index (χ0v) is 12.2. The van der Waals surface area contributed by atoms with Crippen molar-refractivity contribution in [3.8, 4) is 5.75 Å². The Hall–Kier alpha value is -1.42. The summed E-state index contributed by atoms with van der Waals surface area (Å²) in [5, 5.41) is 4.36. The molecule has 1 aliphatic heterocycles. The summed E-state index contributed by atoms with van der Waals surface area (Å²) in [4.78, 5) is 0. The van der Waals surface area contributed by atoms with Crippen LogP contribution in [-0.4, -0.2) is 12.6 Å². The van der Waals surface area contributed by atoms with Gasteiger partial charge in [-0.1, -0.05) is 35.3 Å². The third-order valence-electron chi connectivity index (χ3n) is 3.29. The number of halogens is 2. The van der Waals surface area contributed by atoms with Crippen molar-refractivity contribution in [3.05, 3.63) is 52.0 Å². The summed E-state index contributed by atoms with van der Waals surface area (Å²) in [7, 11) is 0. The largest absolute Gasteiger partial charge is 0.486 e. The number of nitrogens with two attached hydrogens (primary N) is 1. The molecule has 104 valence electrons. The molecular weight excluding hydrogens is 295 g/mol. The molecule has 1 aliphatic rings. The monoisotopic (exact) mass is 308 g/mol. The fraction of sp³-hybridized carbons (Fsp3) is 0.200. The highest BCUT2D eigenvalue weighted by molar-refractivity contribution is 6.42. The summed E-state index contributed by atoms with van der Waals surface area (Å²) >= 11 is 11.9. The minimum absolute atomic E-state index is 0.0572. The zero-order valence-electron chi connectivity index (χ0n) is 10.7. The first-order valence-corrected chi connectivity index (χ1v) is 7.13. The van der Waals surface area contributed by atoms with Gasteiger partial charge in [0.1, 0.15) is 11.9 Å². The lowest BCUT2D eigenvalue weighted by molar-refractivity contribution is 0.242. The van der Waals surface area contributed by atoms with Crippen molar-refractivity contribution < 1.29 is 4.74 Å². The normalized spacial score (nSPS) is 16.6. The van der Waals surface area contributed by atoms with Crippen LogP contribution in [0.2, 0.25) is 10.0 Å². The zero-order chi connectivity index (χ0) is 14.1. The second-order valence-corrected chi connectivity index (χ2v) is 5.54. The van der Waals surface area contributed by atoms with Gasteiger partial charge in [0.15, 0.2) is 0 Å². The van der Waals surface area contributed by atoms with Crippen LogP contribution >= 0.6 is 23.2 Å². The van der Waals surface area contributed by atoms with E-state index < -0.39 is 0 Å². The number of fused-ring (bicyclic) bond motifs is 1. The first kappa shape index (κ1) is 13.6. The molecule has 20 heavy (non-hydrogen) atoms. The van der Waals surface area contributed by atoms with Gasteiger partial charge in [0.25, 0.3) is 0 Å². The van der Waals surface area contributed by atoms with E-state index in [2.05, 4.69) is 11.4 Å². The third-order valence-corrected chi connectivity index (χ3v) is 4.03. The van der Waals surface area contributed by atoms with Crippen LogP contribution in [0, 0.1) is 0 Å². The van der Waals surface area contributed by atoms with Crippen LogP contribution in [0.5, 0.6) is 5.75 Å². The highest BCUT2D eigenvalue weighted by Crippen LogP contribution is 2.38. The Labute approximate surface area is 127 Å². The fourth-order valence-corrected chi connectivity index (χ4v) is 2.60. The predicted molar refractivity (Wildman–Crippen MR) is 83.4 cm³/mol. The lowest BCUT2D eigenvalue weighted by Gasteiger charge is -2.13. The molecule has 2 aromatic rings. The van der Waals surface area contributed by atoms with Gasteiger partial charge in [-0.05, 0) is 24.3 Å². The number of benzene rings is 2. The Balaban J connectivity index is 1.89. The number of hydrogen-bond acceptors (Lipinski definition) is 3. The molecule has 0 fully saturated rings. The van der Waals surface area contributed by atoms with Crippen molar-refractivity contribution in [2.75, 3.05) is 11.9 Å². The molecule has 0 aliphatic carbocycles. The maximum absolute atomic E-state index is 6.02. The first-order chi connectivity index (χ1) is 9.67. The molecule has 5 heteroatoms. The van der Waals surface area contributed by atoms with E-state index >= 15 is 0 Å². The van der Waals surface area contributed by atoms with Crippen LogP contribution in [0.25, 0.3) is 0 Å². The number of rotatable bonds is 3. The lowest BCUT2D eigenvalue weighted by atomic mass is 10.1. The van der Waals surface area contributed by atoms with Gasteiger partial charge in [-0.2, -0.15) is 0 Å². The summed E-state index contributed by atoms with van der Waals surface area (Å²) in [6.07, 6.45) is 0.907. The van der Waals surface area contributed by atoms with Crippen LogP contribution < -0.4 is 15.8 Å². The maximum atomic E-state index is 6.02. The van der Waals surface area contributed by atoms with Crippen LogP contribution in [-0.2, 0) is 6.42 Å². The van der Waals surface area contributed by atoms with Gasteiger partial charge in [0.05, 0.1) is 15.7 Å². The smallest absolute Gasteiger partial charge is 0.146 e. The molecule has 0 amide bonds. The van der Waals surface area contributed by atoms with E-state index in [0.29, 0.717) is 16.6 Å². The second-order valence-electron chi connectivity index (χ2n) is 4.73. The molecule has 0 saturated carbocycles. The van der Waals surface area contributed by atoms with Gasteiger partial charge in [-0.15, -0.1) is 0 Å². The van der Waals surface area contributed by atoms with E-state index in [1.807, 2.05) is 18.2 Å². The number of ether oxygens (including phenoxy) is 1. The molecule has 1 heterocycles. The molecule has 0 spiro atoms. The highest BCUT2D eigenvalue weighted by atomic mass is 35.5. The SMILES string of the molecule is NCC1Cc2cccc(Nc3ccc(Cl)c(Cl)c3)c2O1. The Morgan fingerprint density at radius 2 is 2.05 bits per heavy atom. The second kappa shape index (κ2) is 5.52. The van der Waals surface area contributed by atoms with Crippen molar-refractivity contribution in [1.29, 1.82) is 0 Å². The van der Waals surface area contributed by atoms with Crippen molar-refractivity contribution in [3.63, 3.8) is 0 Å². The Kier molecular flexibility index (Phi) is 3.74. The summed E-state index contributed by atoms with van der Waals surface area (Å²) in [6.45, 7) is 0.515. The van der Waals surface area contributed by atoms with Crippen LogP contribution in [0.15, 0.2) is 36.4 Å². The number of anilines is 2. The van der Waals surface area contributed by atoms with E-state index in [4.69, 9.17) is 33.7 Å². The van der Waals surface area contributed by atoms with Gasteiger partial charge in [0, 0.05) is 24.2 Å². The minimum Gasteiger partial charge on any atom is -0.486 e. The van der Waals surface area contributed by atoms with Crippen LogP contribution in [0.3, 0.4) is 0 Å². The molecule has 0 radical (unpaired) electrons. The van der Waals surface area contributed by atoms with Crippen LogP contribution in [0.1, 0.15) is 5.56 Å².